The Morgan fingerprint density at radius 2 is 2.00 bits per heavy atom. The van der Waals surface area contributed by atoms with Crippen LogP contribution in [0.25, 0.3) is 11.0 Å². The lowest BCUT2D eigenvalue weighted by molar-refractivity contribution is -0.144. The number of hydrogen-bond donors (Lipinski definition) is 2. The van der Waals surface area contributed by atoms with Crippen molar-refractivity contribution in [2.45, 2.75) is 6.18 Å². The van der Waals surface area contributed by atoms with Gasteiger partial charge in [0.05, 0.1) is 18.1 Å². The Hall–Kier alpha value is -3.03. The number of H-pyrrole nitrogens is 1. The van der Waals surface area contributed by atoms with Crippen LogP contribution in [0.5, 0.6) is 5.75 Å². The quantitative estimate of drug-likeness (QED) is 0.764. The van der Waals surface area contributed by atoms with Gasteiger partial charge < -0.3 is 15.0 Å². The summed E-state index contributed by atoms with van der Waals surface area (Å²) in [5.41, 5.74) is 1.08. The molecule has 8 heteroatoms. The number of anilines is 1. The highest BCUT2D eigenvalue weighted by Gasteiger charge is 2.34. The van der Waals surface area contributed by atoms with Gasteiger partial charge in [-0.3, -0.25) is 4.79 Å². The standard InChI is InChI=1S/C16H12F3N3O2/c1-24-11-4-2-3-9(7-11)14(23)20-10-5-6-12-13(8-10)22-15(21-12)16(17,18)19/h2-8H,1H3,(H,20,23)(H,21,22). The molecule has 2 aromatic carbocycles. The smallest absolute Gasteiger partial charge is 0.449 e. The average molecular weight is 335 g/mol. The summed E-state index contributed by atoms with van der Waals surface area (Å²) >= 11 is 0. The number of imidazole rings is 1. The van der Waals surface area contributed by atoms with Gasteiger partial charge in [0.2, 0.25) is 5.82 Å². The van der Waals surface area contributed by atoms with Gasteiger partial charge in [-0.15, -0.1) is 0 Å². The Kier molecular flexibility index (Phi) is 3.88. The van der Waals surface area contributed by atoms with Crippen molar-refractivity contribution in [1.82, 2.24) is 9.97 Å². The van der Waals surface area contributed by atoms with Crippen molar-refractivity contribution in [3.63, 3.8) is 0 Å². The third-order valence-electron chi connectivity index (χ3n) is 3.34. The van der Waals surface area contributed by atoms with E-state index < -0.39 is 17.9 Å². The Labute approximate surface area is 134 Å². The number of amides is 1. The van der Waals surface area contributed by atoms with Crippen LogP contribution in [0.1, 0.15) is 16.2 Å². The highest BCUT2D eigenvalue weighted by atomic mass is 19.4. The molecule has 1 heterocycles. The maximum Gasteiger partial charge on any atom is 0.449 e. The molecule has 0 bridgehead atoms. The molecule has 0 radical (unpaired) electrons. The molecule has 0 spiro atoms. The van der Waals surface area contributed by atoms with Crippen molar-refractivity contribution in [3.8, 4) is 5.75 Å². The molecule has 1 aromatic heterocycles. The number of aromatic amines is 1. The van der Waals surface area contributed by atoms with E-state index in [0.717, 1.165) is 0 Å². The van der Waals surface area contributed by atoms with Gasteiger partial charge in [-0.2, -0.15) is 13.2 Å². The summed E-state index contributed by atoms with van der Waals surface area (Å²) in [6.45, 7) is 0. The minimum absolute atomic E-state index is 0.168. The zero-order valence-electron chi connectivity index (χ0n) is 12.4. The fourth-order valence-corrected chi connectivity index (χ4v) is 2.19. The molecule has 0 aliphatic carbocycles. The van der Waals surface area contributed by atoms with Crippen LogP contribution in [0.3, 0.4) is 0 Å². The molecular weight excluding hydrogens is 323 g/mol. The van der Waals surface area contributed by atoms with Gasteiger partial charge in [0, 0.05) is 11.3 Å². The molecule has 0 fully saturated rings. The lowest BCUT2D eigenvalue weighted by Gasteiger charge is -2.06. The molecule has 2 N–H and O–H groups in total. The minimum Gasteiger partial charge on any atom is -0.497 e. The molecule has 0 aliphatic rings. The lowest BCUT2D eigenvalue weighted by Crippen LogP contribution is -2.11. The molecule has 0 saturated heterocycles. The number of alkyl halides is 3. The first-order valence-corrected chi connectivity index (χ1v) is 6.89. The van der Waals surface area contributed by atoms with Gasteiger partial charge in [-0.25, -0.2) is 4.98 Å². The Morgan fingerprint density at radius 3 is 2.71 bits per heavy atom. The second-order valence-corrected chi connectivity index (χ2v) is 5.00. The topological polar surface area (TPSA) is 67.0 Å². The third-order valence-corrected chi connectivity index (χ3v) is 3.34. The summed E-state index contributed by atoms with van der Waals surface area (Å²) in [6, 6.07) is 10.8. The molecule has 5 nitrogen and oxygen atoms in total. The number of aromatic nitrogens is 2. The molecule has 1 amide bonds. The van der Waals surface area contributed by atoms with E-state index in [0.29, 0.717) is 17.0 Å². The number of methoxy groups -OCH3 is 1. The average Bonchev–Trinajstić information content (AvgIpc) is 2.98. The van der Waals surface area contributed by atoms with Gasteiger partial charge in [-0.1, -0.05) is 6.07 Å². The number of carbonyl (C=O) groups excluding carboxylic acids is 1. The van der Waals surface area contributed by atoms with Crippen LogP contribution in [-0.4, -0.2) is 23.0 Å². The Balaban J connectivity index is 1.85. The van der Waals surface area contributed by atoms with E-state index in [4.69, 9.17) is 4.74 Å². The molecule has 0 aliphatic heterocycles. The number of nitrogens with one attached hydrogen (secondary N) is 2. The molecule has 24 heavy (non-hydrogen) atoms. The van der Waals surface area contributed by atoms with E-state index >= 15 is 0 Å². The molecular formula is C16H12F3N3O2. The van der Waals surface area contributed by atoms with Crippen molar-refractivity contribution in [2.24, 2.45) is 0 Å². The van der Waals surface area contributed by atoms with E-state index in [-0.39, 0.29) is 11.0 Å². The van der Waals surface area contributed by atoms with Gasteiger partial charge in [0.25, 0.3) is 5.91 Å². The molecule has 3 aromatic rings. The molecule has 0 unspecified atom stereocenters. The van der Waals surface area contributed by atoms with Crippen molar-refractivity contribution in [2.75, 3.05) is 12.4 Å². The van der Waals surface area contributed by atoms with Crippen molar-refractivity contribution in [3.05, 3.63) is 53.9 Å². The zero-order chi connectivity index (χ0) is 17.3. The van der Waals surface area contributed by atoms with Gasteiger partial charge in [0.15, 0.2) is 0 Å². The predicted molar refractivity (Wildman–Crippen MR) is 82.0 cm³/mol. The highest BCUT2D eigenvalue weighted by molar-refractivity contribution is 6.05. The van der Waals surface area contributed by atoms with Gasteiger partial charge in [-0.05, 0) is 36.4 Å². The van der Waals surface area contributed by atoms with Crippen LogP contribution < -0.4 is 10.1 Å². The summed E-state index contributed by atoms with van der Waals surface area (Å²) in [4.78, 5) is 17.9. The summed E-state index contributed by atoms with van der Waals surface area (Å²) in [5.74, 6) is -0.945. The summed E-state index contributed by atoms with van der Waals surface area (Å²) in [5, 5.41) is 2.63. The van der Waals surface area contributed by atoms with Crippen LogP contribution in [0.4, 0.5) is 18.9 Å². The van der Waals surface area contributed by atoms with Crippen LogP contribution >= 0.6 is 0 Å². The molecule has 124 valence electrons. The monoisotopic (exact) mass is 335 g/mol. The summed E-state index contributed by atoms with van der Waals surface area (Å²) in [6.07, 6.45) is -4.55. The second kappa shape index (κ2) is 5.88. The minimum atomic E-state index is -4.55. The van der Waals surface area contributed by atoms with E-state index in [1.54, 1.807) is 24.3 Å². The fraction of sp³-hybridized carbons (Fsp3) is 0.125. The second-order valence-electron chi connectivity index (χ2n) is 5.00. The largest absolute Gasteiger partial charge is 0.497 e. The lowest BCUT2D eigenvalue weighted by atomic mass is 10.2. The molecule has 3 rings (SSSR count). The van der Waals surface area contributed by atoms with Crippen LogP contribution in [0.2, 0.25) is 0 Å². The number of hydrogen-bond acceptors (Lipinski definition) is 3. The summed E-state index contributed by atoms with van der Waals surface area (Å²) in [7, 11) is 1.49. The first-order valence-electron chi connectivity index (χ1n) is 6.89. The molecule has 0 atom stereocenters. The van der Waals surface area contributed by atoms with Crippen LogP contribution in [0, 0.1) is 0 Å². The van der Waals surface area contributed by atoms with E-state index in [1.165, 1.54) is 25.3 Å². The zero-order valence-corrected chi connectivity index (χ0v) is 12.4. The number of fused-ring (bicyclic) bond motifs is 1. The number of carbonyl (C=O) groups is 1. The maximum atomic E-state index is 12.7. The first kappa shape index (κ1) is 15.9. The number of nitrogens with zero attached hydrogens (tertiary/aromatic N) is 1. The molecule has 0 saturated carbocycles. The highest BCUT2D eigenvalue weighted by Crippen LogP contribution is 2.29. The van der Waals surface area contributed by atoms with E-state index in [2.05, 4.69) is 15.3 Å². The Bertz CT molecular complexity index is 903. The SMILES string of the molecule is COc1cccc(C(=O)Nc2ccc3nc(C(F)(F)F)[nH]c3c2)c1. The summed E-state index contributed by atoms with van der Waals surface area (Å²) < 4.78 is 43.0. The fourth-order valence-electron chi connectivity index (χ4n) is 2.19. The maximum absolute atomic E-state index is 12.7. The number of ether oxygens (including phenoxy) is 1. The first-order chi connectivity index (χ1) is 11.4. The van der Waals surface area contributed by atoms with Crippen LogP contribution in [0.15, 0.2) is 42.5 Å². The third kappa shape index (κ3) is 3.17. The van der Waals surface area contributed by atoms with E-state index in [9.17, 15) is 18.0 Å². The van der Waals surface area contributed by atoms with Gasteiger partial charge >= 0.3 is 6.18 Å². The number of rotatable bonds is 3. The number of halogens is 3. The van der Waals surface area contributed by atoms with Crippen LogP contribution in [-0.2, 0) is 6.18 Å². The van der Waals surface area contributed by atoms with Crippen molar-refractivity contribution < 1.29 is 22.7 Å². The van der Waals surface area contributed by atoms with Gasteiger partial charge in [0.1, 0.15) is 5.75 Å². The van der Waals surface area contributed by atoms with Crippen molar-refractivity contribution in [1.29, 1.82) is 0 Å². The number of benzene rings is 2. The van der Waals surface area contributed by atoms with Crippen molar-refractivity contribution >= 4 is 22.6 Å². The Morgan fingerprint density at radius 1 is 1.21 bits per heavy atom. The van der Waals surface area contributed by atoms with E-state index in [1.807, 2.05) is 0 Å². The normalized spacial score (nSPS) is 11.5. The predicted octanol–water partition coefficient (Wildman–Crippen LogP) is 3.84.